The van der Waals surface area contributed by atoms with Crippen molar-refractivity contribution in [1.29, 1.82) is 0 Å². The molecule has 0 aliphatic heterocycles. The molecule has 1 aromatic carbocycles. The lowest BCUT2D eigenvalue weighted by molar-refractivity contribution is -0.292. The Morgan fingerprint density at radius 2 is 1.59 bits per heavy atom. The van der Waals surface area contributed by atoms with Crippen molar-refractivity contribution >= 4 is 5.95 Å². The van der Waals surface area contributed by atoms with Crippen LogP contribution in [-0.4, -0.2) is 21.1 Å². The Hall–Kier alpha value is -2.32. The van der Waals surface area contributed by atoms with Gasteiger partial charge in [0.25, 0.3) is 0 Å². The maximum absolute atomic E-state index is 13.3. The van der Waals surface area contributed by atoms with Gasteiger partial charge in [-0.15, -0.1) is 0 Å². The molecule has 0 unspecified atom stereocenters. The molecule has 1 heterocycles. The van der Waals surface area contributed by atoms with Crippen LogP contribution >= 0.6 is 0 Å². The number of aryl methyl sites for hydroxylation is 1. The summed E-state index contributed by atoms with van der Waals surface area (Å²) in [4.78, 5) is 9.99. The van der Waals surface area contributed by atoms with Crippen LogP contribution in [-0.2, 0) is 12.5 Å². The minimum Gasteiger partial charge on any atom is -0.350 e. The van der Waals surface area contributed by atoms with Crippen LogP contribution in [0.2, 0.25) is 0 Å². The van der Waals surface area contributed by atoms with Crippen LogP contribution in [0.4, 0.5) is 27.9 Å². The van der Waals surface area contributed by atoms with E-state index in [9.17, 15) is 22.0 Å². The van der Waals surface area contributed by atoms with E-state index in [1.807, 2.05) is 0 Å². The Bertz CT molecular complexity index is 643. The lowest BCUT2D eigenvalue weighted by Gasteiger charge is -2.18. The largest absolute Gasteiger partial charge is 0.461 e. The molecule has 0 atom stereocenters. The van der Waals surface area contributed by atoms with E-state index in [-0.39, 0.29) is 18.3 Å². The fourth-order valence-corrected chi connectivity index (χ4v) is 1.61. The normalized spacial score (nSPS) is 12.3. The van der Waals surface area contributed by atoms with E-state index in [0.29, 0.717) is 0 Å². The zero-order valence-corrected chi connectivity index (χ0v) is 11.3. The number of hydrogen-bond donors (Lipinski definition) is 1. The molecule has 118 valence electrons. The van der Waals surface area contributed by atoms with Gasteiger partial charge in [0.2, 0.25) is 11.8 Å². The minimum atomic E-state index is -5.77. The first kappa shape index (κ1) is 16.1. The van der Waals surface area contributed by atoms with Crippen LogP contribution in [0.1, 0.15) is 17.2 Å². The predicted molar refractivity (Wildman–Crippen MR) is 68.3 cm³/mol. The highest BCUT2D eigenvalue weighted by Gasteiger charge is 2.61. The van der Waals surface area contributed by atoms with Crippen molar-refractivity contribution in [2.24, 2.45) is 0 Å². The molecule has 0 fully saturated rings. The molecule has 0 aliphatic carbocycles. The molecule has 0 radical (unpaired) electrons. The van der Waals surface area contributed by atoms with Crippen molar-refractivity contribution in [3.8, 4) is 0 Å². The quantitative estimate of drug-likeness (QED) is 0.877. The van der Waals surface area contributed by atoms with Gasteiger partial charge in [0.05, 0.1) is 0 Å². The molecule has 0 spiro atoms. The van der Waals surface area contributed by atoms with Crippen molar-refractivity contribution in [2.45, 2.75) is 25.6 Å². The summed E-state index contributed by atoms with van der Waals surface area (Å²) in [6, 6.07) is 8.83. The molecule has 0 amide bonds. The summed E-state index contributed by atoms with van der Waals surface area (Å²) in [5.41, 5.74) is 0.796. The minimum absolute atomic E-state index is 0.182. The van der Waals surface area contributed by atoms with Gasteiger partial charge in [-0.1, -0.05) is 30.3 Å². The number of nitrogens with one attached hydrogen (secondary N) is 1. The van der Waals surface area contributed by atoms with E-state index in [4.69, 9.17) is 0 Å². The molecule has 9 heteroatoms. The Morgan fingerprint density at radius 3 is 2.18 bits per heavy atom. The second-order valence-electron chi connectivity index (χ2n) is 4.44. The number of rotatable bonds is 4. The van der Waals surface area contributed by atoms with Gasteiger partial charge in [-0.25, -0.2) is 4.98 Å². The van der Waals surface area contributed by atoms with Crippen LogP contribution in [0.5, 0.6) is 0 Å². The second-order valence-corrected chi connectivity index (χ2v) is 4.44. The lowest BCUT2D eigenvalue weighted by Crippen LogP contribution is -2.36. The smallest absolute Gasteiger partial charge is 0.350 e. The maximum Gasteiger partial charge on any atom is 0.461 e. The number of alkyl halides is 5. The van der Waals surface area contributed by atoms with Gasteiger partial charge in [0.15, 0.2) is 0 Å². The predicted octanol–water partition coefficient (Wildman–Crippen LogP) is 3.45. The highest BCUT2D eigenvalue weighted by Crippen LogP contribution is 2.42. The number of nitrogens with zero attached hydrogens (tertiary/aromatic N) is 3. The molecular weight excluding hydrogens is 307 g/mol. The molecule has 0 aliphatic rings. The summed E-state index contributed by atoms with van der Waals surface area (Å²) in [5.74, 6) is -7.33. The summed E-state index contributed by atoms with van der Waals surface area (Å²) >= 11 is 0. The third kappa shape index (κ3) is 3.46. The molecule has 2 aromatic rings. The van der Waals surface area contributed by atoms with E-state index in [1.54, 1.807) is 30.3 Å². The van der Waals surface area contributed by atoms with E-state index < -0.39 is 17.9 Å². The summed E-state index contributed by atoms with van der Waals surface area (Å²) in [7, 11) is 0. The van der Waals surface area contributed by atoms with Crippen molar-refractivity contribution < 1.29 is 22.0 Å². The summed E-state index contributed by atoms with van der Waals surface area (Å²) in [6.07, 6.45) is -5.77. The van der Waals surface area contributed by atoms with Gasteiger partial charge < -0.3 is 5.32 Å². The average Bonchev–Trinajstić information content (AvgIpc) is 2.44. The Kier molecular flexibility index (Phi) is 4.25. The average molecular weight is 318 g/mol. The Balaban J connectivity index is 2.24. The Labute approximate surface area is 122 Å². The topological polar surface area (TPSA) is 50.7 Å². The van der Waals surface area contributed by atoms with Gasteiger partial charge >= 0.3 is 12.1 Å². The van der Waals surface area contributed by atoms with Crippen LogP contribution < -0.4 is 5.32 Å². The van der Waals surface area contributed by atoms with E-state index in [2.05, 4.69) is 20.3 Å². The third-order valence-electron chi connectivity index (χ3n) is 2.68. The fourth-order valence-electron chi connectivity index (χ4n) is 1.61. The summed E-state index contributed by atoms with van der Waals surface area (Å²) in [5, 5.41) is 2.60. The standard InChI is InChI=1S/C13H11F5N4/c1-8-20-10(12(14,15)13(16,17)18)22-11(21-8)19-7-9-5-3-2-4-6-9/h2-6H,7H2,1H3,(H,19,20,21,22). The van der Waals surface area contributed by atoms with Crippen molar-refractivity contribution in [3.05, 3.63) is 47.5 Å². The van der Waals surface area contributed by atoms with Crippen LogP contribution in [0.3, 0.4) is 0 Å². The van der Waals surface area contributed by atoms with Crippen molar-refractivity contribution in [3.63, 3.8) is 0 Å². The maximum atomic E-state index is 13.3. The van der Waals surface area contributed by atoms with Crippen molar-refractivity contribution in [2.75, 3.05) is 5.32 Å². The number of halogens is 5. The zero-order valence-electron chi connectivity index (χ0n) is 11.3. The van der Waals surface area contributed by atoms with Gasteiger partial charge in [0.1, 0.15) is 5.82 Å². The number of hydrogen-bond acceptors (Lipinski definition) is 4. The summed E-state index contributed by atoms with van der Waals surface area (Å²) in [6.45, 7) is 1.40. The van der Waals surface area contributed by atoms with E-state index in [0.717, 1.165) is 5.56 Å². The first-order valence-electron chi connectivity index (χ1n) is 6.15. The highest BCUT2D eigenvalue weighted by atomic mass is 19.4. The van der Waals surface area contributed by atoms with E-state index in [1.165, 1.54) is 6.92 Å². The number of anilines is 1. The molecule has 22 heavy (non-hydrogen) atoms. The highest BCUT2D eigenvalue weighted by molar-refractivity contribution is 5.28. The molecular formula is C13H11F5N4. The van der Waals surface area contributed by atoms with Crippen LogP contribution in [0, 0.1) is 6.92 Å². The monoisotopic (exact) mass is 318 g/mol. The number of aromatic nitrogens is 3. The van der Waals surface area contributed by atoms with Gasteiger partial charge in [0, 0.05) is 6.54 Å². The fraction of sp³-hybridized carbons (Fsp3) is 0.308. The summed E-state index contributed by atoms with van der Waals surface area (Å²) < 4.78 is 63.6. The Morgan fingerprint density at radius 1 is 0.955 bits per heavy atom. The molecule has 0 saturated carbocycles. The second kappa shape index (κ2) is 5.82. The zero-order chi connectivity index (χ0) is 16.4. The van der Waals surface area contributed by atoms with Crippen LogP contribution in [0.15, 0.2) is 30.3 Å². The molecule has 2 rings (SSSR count). The van der Waals surface area contributed by atoms with E-state index >= 15 is 0 Å². The molecule has 0 bridgehead atoms. The molecule has 4 nitrogen and oxygen atoms in total. The van der Waals surface area contributed by atoms with Gasteiger partial charge in [-0.05, 0) is 12.5 Å². The lowest BCUT2D eigenvalue weighted by atomic mass is 10.2. The van der Waals surface area contributed by atoms with Crippen LogP contribution in [0.25, 0.3) is 0 Å². The van der Waals surface area contributed by atoms with Gasteiger partial charge in [-0.2, -0.15) is 31.9 Å². The number of benzene rings is 1. The third-order valence-corrected chi connectivity index (χ3v) is 2.68. The molecule has 0 saturated heterocycles. The molecule has 1 N–H and O–H groups in total. The molecule has 1 aromatic heterocycles. The SMILES string of the molecule is Cc1nc(NCc2ccccc2)nc(C(F)(F)C(F)(F)F)n1. The first-order valence-corrected chi connectivity index (χ1v) is 6.15. The van der Waals surface area contributed by atoms with Gasteiger partial charge in [-0.3, -0.25) is 0 Å². The van der Waals surface area contributed by atoms with Crippen molar-refractivity contribution in [1.82, 2.24) is 15.0 Å². The first-order chi connectivity index (χ1) is 10.2.